The third kappa shape index (κ3) is 5.70. The van der Waals surface area contributed by atoms with Crippen molar-refractivity contribution in [3.05, 3.63) is 98.2 Å². The zero-order valence-electron chi connectivity index (χ0n) is 23.8. The van der Waals surface area contributed by atoms with E-state index in [1.165, 1.54) is 12.1 Å². The molecule has 2 fully saturated rings. The summed E-state index contributed by atoms with van der Waals surface area (Å²) in [7, 11) is 0. The van der Waals surface area contributed by atoms with Gasteiger partial charge in [-0.2, -0.15) is 5.10 Å². The monoisotopic (exact) mass is 574 g/mol. The maximum Gasteiger partial charge on any atom is 0.311 e. The van der Waals surface area contributed by atoms with Crippen LogP contribution in [0.3, 0.4) is 0 Å². The molecule has 3 N–H and O–H groups in total. The molecule has 42 heavy (non-hydrogen) atoms. The molecule has 2 heterocycles. The lowest BCUT2D eigenvalue weighted by Crippen LogP contribution is -2.52. The van der Waals surface area contributed by atoms with Gasteiger partial charge in [0.1, 0.15) is 5.82 Å². The Morgan fingerprint density at radius 1 is 1.07 bits per heavy atom. The standard InChI is InChI=1S/C32H35FN4O5/c1-19-14-23(9-8-21(19)16-24-15-20(2)35-36-30(24)40)29(39)34-18-28(38)37-26(22-6-5-7-25(33)17-22)10-11-27(37)32(31(41)42)12-3-4-13-32/h5-9,14-15,17,26-27H,3-4,10-13,16,18H2,1-2H3,(H,34,39)(H,36,40)(H,41,42)/t26-,27+/m0/s1. The minimum Gasteiger partial charge on any atom is -0.481 e. The summed E-state index contributed by atoms with van der Waals surface area (Å²) in [6.45, 7) is 3.33. The van der Waals surface area contributed by atoms with Gasteiger partial charge >= 0.3 is 5.97 Å². The fourth-order valence-corrected chi connectivity index (χ4v) is 6.72. The van der Waals surface area contributed by atoms with Gasteiger partial charge in [-0.1, -0.05) is 31.0 Å². The van der Waals surface area contributed by atoms with Gasteiger partial charge < -0.3 is 15.3 Å². The van der Waals surface area contributed by atoms with E-state index in [-0.39, 0.29) is 12.1 Å². The summed E-state index contributed by atoms with van der Waals surface area (Å²) in [5, 5.41) is 19.4. The fraction of sp³-hybridized carbons (Fsp3) is 0.406. The second-order valence-corrected chi connectivity index (χ2v) is 11.5. The lowest BCUT2D eigenvalue weighted by molar-refractivity contribution is -0.155. The van der Waals surface area contributed by atoms with Crippen LogP contribution in [0.4, 0.5) is 4.39 Å². The summed E-state index contributed by atoms with van der Waals surface area (Å²) in [6.07, 6.45) is 3.91. The third-order valence-electron chi connectivity index (χ3n) is 8.86. The van der Waals surface area contributed by atoms with Gasteiger partial charge in [-0.15, -0.1) is 0 Å². The third-order valence-corrected chi connectivity index (χ3v) is 8.86. The summed E-state index contributed by atoms with van der Waals surface area (Å²) in [6, 6.07) is 11.9. The van der Waals surface area contributed by atoms with Gasteiger partial charge in [0.25, 0.3) is 11.5 Å². The van der Waals surface area contributed by atoms with Crippen molar-refractivity contribution >= 4 is 17.8 Å². The summed E-state index contributed by atoms with van der Waals surface area (Å²) in [4.78, 5) is 53.1. The number of aliphatic carboxylic acids is 1. The average molecular weight is 575 g/mol. The van der Waals surface area contributed by atoms with E-state index in [0.29, 0.717) is 54.5 Å². The molecule has 0 bridgehead atoms. The van der Waals surface area contributed by atoms with Gasteiger partial charge in [0.15, 0.2) is 0 Å². The molecule has 5 rings (SSSR count). The Bertz CT molecular complexity index is 1580. The van der Waals surface area contributed by atoms with Gasteiger partial charge in [0.05, 0.1) is 23.7 Å². The number of likely N-dealkylation sites (tertiary alicyclic amines) is 1. The first-order valence-electron chi connectivity index (χ1n) is 14.3. The number of aromatic amines is 1. The Labute approximate surface area is 243 Å². The van der Waals surface area contributed by atoms with Crippen molar-refractivity contribution in [1.82, 2.24) is 20.4 Å². The van der Waals surface area contributed by atoms with Crippen molar-refractivity contribution in [3.8, 4) is 0 Å². The number of H-pyrrole nitrogens is 1. The number of aryl methyl sites for hydroxylation is 2. The van der Waals surface area contributed by atoms with Crippen molar-refractivity contribution in [2.45, 2.75) is 70.9 Å². The number of hydrogen-bond acceptors (Lipinski definition) is 5. The number of benzene rings is 2. The smallest absolute Gasteiger partial charge is 0.311 e. The molecule has 2 aliphatic rings. The van der Waals surface area contributed by atoms with Crippen molar-refractivity contribution in [3.63, 3.8) is 0 Å². The highest BCUT2D eigenvalue weighted by Gasteiger charge is 2.55. The van der Waals surface area contributed by atoms with Crippen LogP contribution in [0.5, 0.6) is 0 Å². The molecular formula is C32H35FN4O5. The summed E-state index contributed by atoms with van der Waals surface area (Å²) in [5.74, 6) is -2.17. The Morgan fingerprint density at radius 3 is 2.52 bits per heavy atom. The predicted octanol–water partition coefficient (Wildman–Crippen LogP) is 4.22. The average Bonchev–Trinajstić information content (AvgIpc) is 3.63. The largest absolute Gasteiger partial charge is 0.481 e. The highest BCUT2D eigenvalue weighted by Crippen LogP contribution is 2.51. The van der Waals surface area contributed by atoms with E-state index in [4.69, 9.17) is 0 Å². The SMILES string of the molecule is Cc1cc(Cc2ccc(C(=O)NCC(=O)N3[C@H](c4cccc(F)c4)CC[C@@H]3C3(C(=O)O)CCCC3)cc2C)c(=O)[nH]n1. The molecule has 10 heteroatoms. The first-order valence-corrected chi connectivity index (χ1v) is 14.3. The molecule has 0 spiro atoms. The molecule has 2 atom stereocenters. The second kappa shape index (κ2) is 11.9. The number of aromatic nitrogens is 2. The number of carbonyl (C=O) groups is 3. The minimum absolute atomic E-state index is 0.264. The van der Waals surface area contributed by atoms with Crippen LogP contribution < -0.4 is 10.9 Å². The number of amides is 2. The summed E-state index contributed by atoms with van der Waals surface area (Å²) in [5.41, 5.74) is 2.63. The molecule has 0 radical (unpaired) electrons. The highest BCUT2D eigenvalue weighted by atomic mass is 19.1. The van der Waals surface area contributed by atoms with E-state index >= 15 is 0 Å². The summed E-state index contributed by atoms with van der Waals surface area (Å²) >= 11 is 0. The molecule has 220 valence electrons. The van der Waals surface area contributed by atoms with Gasteiger partial charge in [-0.3, -0.25) is 19.2 Å². The quantitative estimate of drug-likeness (QED) is 0.369. The molecule has 1 aliphatic carbocycles. The molecule has 1 aromatic heterocycles. The number of nitrogens with one attached hydrogen (secondary N) is 2. The van der Waals surface area contributed by atoms with Crippen LogP contribution in [0, 0.1) is 25.1 Å². The maximum absolute atomic E-state index is 14.1. The van der Waals surface area contributed by atoms with Crippen molar-refractivity contribution in [1.29, 1.82) is 0 Å². The fourth-order valence-electron chi connectivity index (χ4n) is 6.72. The van der Waals surface area contributed by atoms with Crippen molar-refractivity contribution < 1.29 is 23.9 Å². The lowest BCUT2D eigenvalue weighted by atomic mass is 9.77. The first-order chi connectivity index (χ1) is 20.1. The summed E-state index contributed by atoms with van der Waals surface area (Å²) < 4.78 is 14.1. The number of carbonyl (C=O) groups excluding carboxylic acids is 2. The minimum atomic E-state index is -1.05. The molecule has 0 unspecified atom stereocenters. The van der Waals surface area contributed by atoms with Crippen LogP contribution in [0.25, 0.3) is 0 Å². The maximum atomic E-state index is 14.1. The van der Waals surface area contributed by atoms with Crippen molar-refractivity contribution in [2.24, 2.45) is 5.41 Å². The number of rotatable bonds is 8. The normalized spacial score (nSPS) is 19.5. The van der Waals surface area contributed by atoms with Crippen LogP contribution in [0.1, 0.15) is 82.9 Å². The van der Waals surface area contributed by atoms with Crippen LogP contribution in [-0.2, 0) is 16.0 Å². The van der Waals surface area contributed by atoms with E-state index < -0.39 is 41.1 Å². The zero-order chi connectivity index (χ0) is 30.0. The number of carboxylic acids is 1. The Balaban J connectivity index is 1.33. The first kappa shape index (κ1) is 29.2. The zero-order valence-corrected chi connectivity index (χ0v) is 23.8. The van der Waals surface area contributed by atoms with E-state index in [9.17, 15) is 28.7 Å². The highest BCUT2D eigenvalue weighted by molar-refractivity contribution is 5.97. The van der Waals surface area contributed by atoms with Crippen LogP contribution in [-0.4, -0.2) is 50.6 Å². The van der Waals surface area contributed by atoms with E-state index in [0.717, 1.165) is 24.0 Å². The Morgan fingerprint density at radius 2 is 1.83 bits per heavy atom. The molecule has 1 aliphatic heterocycles. The number of halogens is 1. The predicted molar refractivity (Wildman–Crippen MR) is 153 cm³/mol. The van der Waals surface area contributed by atoms with Crippen molar-refractivity contribution in [2.75, 3.05) is 6.54 Å². The van der Waals surface area contributed by atoms with E-state index in [1.54, 1.807) is 48.2 Å². The molecule has 1 saturated carbocycles. The molecule has 1 saturated heterocycles. The van der Waals surface area contributed by atoms with E-state index in [1.807, 2.05) is 6.92 Å². The van der Waals surface area contributed by atoms with E-state index in [2.05, 4.69) is 15.5 Å². The molecular weight excluding hydrogens is 539 g/mol. The number of hydrogen-bond donors (Lipinski definition) is 3. The molecule has 2 amide bonds. The Kier molecular flexibility index (Phi) is 8.24. The van der Waals surface area contributed by atoms with Gasteiger partial charge in [0.2, 0.25) is 5.91 Å². The van der Waals surface area contributed by atoms with Crippen LogP contribution in [0.15, 0.2) is 53.3 Å². The van der Waals surface area contributed by atoms with Gasteiger partial charge in [0, 0.05) is 23.6 Å². The molecule has 3 aromatic rings. The van der Waals surface area contributed by atoms with Crippen LogP contribution in [0.2, 0.25) is 0 Å². The number of carboxylic acid groups (broad SMARTS) is 1. The van der Waals surface area contributed by atoms with Gasteiger partial charge in [-0.25, -0.2) is 9.49 Å². The van der Waals surface area contributed by atoms with Crippen LogP contribution >= 0.6 is 0 Å². The van der Waals surface area contributed by atoms with Gasteiger partial charge in [-0.05, 0) is 86.6 Å². The topological polar surface area (TPSA) is 132 Å². The number of nitrogens with zero attached hydrogens (tertiary/aromatic N) is 2. The Hall–Kier alpha value is -4.34. The molecule has 2 aromatic carbocycles. The lowest BCUT2D eigenvalue weighted by Gasteiger charge is -2.39. The second-order valence-electron chi connectivity index (χ2n) is 11.5. The molecule has 9 nitrogen and oxygen atoms in total.